The first-order valence-electron chi connectivity index (χ1n) is 11.3. The molecule has 3 aromatic carbocycles. The molecular weight excluding hydrogens is 450 g/mol. The highest BCUT2D eigenvalue weighted by atomic mass is 35.5. The number of benzene rings is 3. The third-order valence-corrected chi connectivity index (χ3v) is 6.31. The lowest BCUT2D eigenvalue weighted by molar-refractivity contribution is 0.0714. The quantitative estimate of drug-likeness (QED) is 0.330. The second kappa shape index (κ2) is 8.99. The van der Waals surface area contributed by atoms with Gasteiger partial charge in [0.25, 0.3) is 5.91 Å². The van der Waals surface area contributed by atoms with Crippen LogP contribution in [-0.4, -0.2) is 17.4 Å². The van der Waals surface area contributed by atoms with Crippen molar-refractivity contribution < 1.29 is 13.9 Å². The average Bonchev–Trinajstić information content (AvgIpc) is 3.11. The molecule has 1 aliphatic rings. The number of carbonyl (C=O) groups is 1. The highest BCUT2D eigenvalue weighted by molar-refractivity contribution is 6.31. The normalized spacial score (nSPS) is 15.1. The molecule has 1 aromatic heterocycles. The summed E-state index contributed by atoms with van der Waals surface area (Å²) in [4.78, 5) is 28.9. The topological polar surface area (TPSA) is 59.8 Å². The van der Waals surface area contributed by atoms with E-state index in [1.807, 2.05) is 62.4 Å². The maximum Gasteiger partial charge on any atom is 0.291 e. The Balaban J connectivity index is 1.65. The number of hydrogen-bond acceptors (Lipinski definition) is 4. The molecule has 1 aliphatic heterocycles. The van der Waals surface area contributed by atoms with Crippen molar-refractivity contribution in [1.29, 1.82) is 0 Å². The molecule has 0 fully saturated rings. The summed E-state index contributed by atoms with van der Waals surface area (Å²) in [6.45, 7) is 5.04. The standard InChI is InChI=1S/C28H24ClNO4/c1-3-14-33-21-11-8-19(9-12-21)25-24-26(31)22-15-20(29)10-13-23(22)34-27(24)28(32)30(25)16-18-6-4-17(2)5-7-18/h4-13,15,25H,3,14,16H2,1-2H3. The molecular formula is C28H24ClNO4. The van der Waals surface area contributed by atoms with Crippen LogP contribution in [0.1, 0.15) is 52.2 Å². The molecule has 34 heavy (non-hydrogen) atoms. The minimum absolute atomic E-state index is 0.0863. The predicted octanol–water partition coefficient (Wildman–Crippen LogP) is 6.29. The number of fused-ring (bicyclic) bond motifs is 2. The lowest BCUT2D eigenvalue weighted by Crippen LogP contribution is -2.29. The fourth-order valence-corrected chi connectivity index (χ4v) is 4.53. The van der Waals surface area contributed by atoms with E-state index in [9.17, 15) is 9.59 Å². The number of carbonyl (C=O) groups excluding carboxylic acids is 1. The SMILES string of the molecule is CCCOc1ccc(C2c3c(oc4ccc(Cl)cc4c3=O)C(=O)N2Cc2ccc(C)cc2)cc1. The summed E-state index contributed by atoms with van der Waals surface area (Å²) in [6, 6.07) is 19.9. The molecule has 5 rings (SSSR count). The molecule has 1 amide bonds. The molecule has 0 saturated carbocycles. The molecule has 172 valence electrons. The van der Waals surface area contributed by atoms with Crippen molar-refractivity contribution in [1.82, 2.24) is 4.90 Å². The number of ether oxygens (including phenoxy) is 1. The molecule has 2 heterocycles. The van der Waals surface area contributed by atoms with Crippen molar-refractivity contribution in [3.63, 3.8) is 0 Å². The Bertz CT molecular complexity index is 1420. The van der Waals surface area contributed by atoms with Crippen LogP contribution in [0.5, 0.6) is 5.75 Å². The zero-order valence-corrected chi connectivity index (χ0v) is 19.8. The third kappa shape index (κ3) is 3.97. The van der Waals surface area contributed by atoms with Gasteiger partial charge in [0.05, 0.1) is 23.6 Å². The number of halogens is 1. The third-order valence-electron chi connectivity index (χ3n) is 6.07. The molecule has 0 saturated heterocycles. The van der Waals surface area contributed by atoms with E-state index in [1.165, 1.54) is 0 Å². The Morgan fingerprint density at radius 3 is 2.44 bits per heavy atom. The average molecular weight is 474 g/mol. The van der Waals surface area contributed by atoms with Gasteiger partial charge in [-0.2, -0.15) is 0 Å². The first-order chi connectivity index (χ1) is 16.5. The van der Waals surface area contributed by atoms with E-state index in [4.69, 9.17) is 20.8 Å². The van der Waals surface area contributed by atoms with Gasteiger partial charge in [-0.1, -0.05) is 60.5 Å². The van der Waals surface area contributed by atoms with Crippen LogP contribution >= 0.6 is 11.6 Å². The summed E-state index contributed by atoms with van der Waals surface area (Å²) in [5.74, 6) is 0.529. The molecule has 0 spiro atoms. The Kier molecular flexibility index (Phi) is 5.88. The summed E-state index contributed by atoms with van der Waals surface area (Å²) in [6.07, 6.45) is 0.910. The Morgan fingerprint density at radius 1 is 1.00 bits per heavy atom. The zero-order chi connectivity index (χ0) is 23.8. The van der Waals surface area contributed by atoms with Crippen LogP contribution in [0.2, 0.25) is 5.02 Å². The minimum atomic E-state index is -0.580. The second-order valence-electron chi connectivity index (χ2n) is 8.55. The lowest BCUT2D eigenvalue weighted by Gasteiger charge is -2.25. The van der Waals surface area contributed by atoms with Gasteiger partial charge < -0.3 is 14.1 Å². The van der Waals surface area contributed by atoms with E-state index in [2.05, 4.69) is 0 Å². The summed E-state index contributed by atoms with van der Waals surface area (Å²) in [7, 11) is 0. The highest BCUT2D eigenvalue weighted by Crippen LogP contribution is 2.39. The van der Waals surface area contributed by atoms with Crippen molar-refractivity contribution in [3.05, 3.63) is 110 Å². The van der Waals surface area contributed by atoms with Gasteiger partial charge in [0, 0.05) is 11.6 Å². The monoisotopic (exact) mass is 473 g/mol. The lowest BCUT2D eigenvalue weighted by atomic mass is 9.98. The molecule has 0 aliphatic carbocycles. The van der Waals surface area contributed by atoms with E-state index < -0.39 is 6.04 Å². The van der Waals surface area contributed by atoms with Crippen molar-refractivity contribution in [3.8, 4) is 5.75 Å². The zero-order valence-electron chi connectivity index (χ0n) is 19.0. The summed E-state index contributed by atoms with van der Waals surface area (Å²) in [5.41, 5.74) is 3.38. The van der Waals surface area contributed by atoms with Crippen molar-refractivity contribution in [2.24, 2.45) is 0 Å². The number of nitrogens with zero attached hydrogens (tertiary/aromatic N) is 1. The van der Waals surface area contributed by atoms with Gasteiger partial charge in [0.1, 0.15) is 11.3 Å². The van der Waals surface area contributed by atoms with Crippen LogP contribution < -0.4 is 10.2 Å². The van der Waals surface area contributed by atoms with Crippen molar-refractivity contribution in [2.45, 2.75) is 32.9 Å². The first kappa shape index (κ1) is 22.2. The fraction of sp³-hybridized carbons (Fsp3) is 0.214. The van der Waals surface area contributed by atoms with Gasteiger partial charge in [-0.15, -0.1) is 0 Å². The minimum Gasteiger partial charge on any atom is -0.494 e. The Labute approximate surface area is 202 Å². The molecule has 4 aromatic rings. The van der Waals surface area contributed by atoms with Crippen LogP contribution in [0.4, 0.5) is 0 Å². The van der Waals surface area contributed by atoms with Crippen molar-refractivity contribution in [2.75, 3.05) is 6.61 Å². The van der Waals surface area contributed by atoms with Gasteiger partial charge >= 0.3 is 0 Å². The van der Waals surface area contributed by atoms with Crippen LogP contribution in [0, 0.1) is 6.92 Å². The molecule has 6 heteroatoms. The van der Waals surface area contributed by atoms with E-state index in [0.717, 1.165) is 28.9 Å². The number of aryl methyl sites for hydroxylation is 1. The van der Waals surface area contributed by atoms with Crippen LogP contribution in [0.25, 0.3) is 11.0 Å². The largest absolute Gasteiger partial charge is 0.494 e. The highest BCUT2D eigenvalue weighted by Gasteiger charge is 2.42. The molecule has 0 N–H and O–H groups in total. The molecule has 1 unspecified atom stereocenters. The maximum absolute atomic E-state index is 13.6. The Morgan fingerprint density at radius 2 is 1.74 bits per heavy atom. The fourth-order valence-electron chi connectivity index (χ4n) is 4.36. The van der Waals surface area contributed by atoms with Crippen molar-refractivity contribution >= 4 is 28.5 Å². The second-order valence-corrected chi connectivity index (χ2v) is 8.99. The molecule has 0 bridgehead atoms. The summed E-state index contributed by atoms with van der Waals surface area (Å²) in [5, 5.41) is 0.804. The van der Waals surface area contributed by atoms with Gasteiger partial charge in [0.2, 0.25) is 5.76 Å². The van der Waals surface area contributed by atoms with Crippen LogP contribution in [0.15, 0.2) is 75.9 Å². The summed E-state index contributed by atoms with van der Waals surface area (Å²) >= 11 is 6.16. The van der Waals surface area contributed by atoms with Crippen LogP contribution in [-0.2, 0) is 6.54 Å². The molecule has 1 atom stereocenters. The molecule has 0 radical (unpaired) electrons. The number of rotatable bonds is 6. The summed E-state index contributed by atoms with van der Waals surface area (Å²) < 4.78 is 11.7. The van der Waals surface area contributed by atoms with E-state index >= 15 is 0 Å². The van der Waals surface area contributed by atoms with E-state index in [1.54, 1.807) is 23.1 Å². The van der Waals surface area contributed by atoms with Gasteiger partial charge in [-0.25, -0.2) is 0 Å². The smallest absolute Gasteiger partial charge is 0.291 e. The van der Waals surface area contributed by atoms with E-state index in [-0.39, 0.29) is 17.1 Å². The van der Waals surface area contributed by atoms with Gasteiger partial charge in [0.15, 0.2) is 5.43 Å². The van der Waals surface area contributed by atoms with Crippen LogP contribution in [0.3, 0.4) is 0 Å². The predicted molar refractivity (Wildman–Crippen MR) is 133 cm³/mol. The number of hydrogen-bond donors (Lipinski definition) is 0. The Hall–Kier alpha value is -3.57. The maximum atomic E-state index is 13.6. The van der Waals surface area contributed by atoms with E-state index in [0.29, 0.717) is 34.7 Å². The first-order valence-corrected chi connectivity index (χ1v) is 11.7. The number of amides is 1. The van der Waals surface area contributed by atoms with Gasteiger partial charge in [-0.3, -0.25) is 9.59 Å². The van der Waals surface area contributed by atoms with Gasteiger partial charge in [-0.05, 0) is 54.8 Å². The molecule has 5 nitrogen and oxygen atoms in total.